The molecule has 2 aromatic heterocycles. The smallest absolute Gasteiger partial charge is 0.421 e. The number of nitrogens with one attached hydrogen (secondary N) is 1. The van der Waals surface area contributed by atoms with E-state index in [1.165, 1.54) is 10.9 Å². The standard InChI is InChI=1S/C20H29N5O4/c1-19(2,3)28-17(26)22-13-9-10-24(11-13)15-8-7-14-16(23-15)25(12-21-14)18(27)29-20(4,5)6/h7-8,12-13H,9-11H2,1-6H3,(H,22,26). The number of rotatable bonds is 2. The molecule has 0 aliphatic carbocycles. The maximum atomic E-state index is 12.4. The van der Waals surface area contributed by atoms with Gasteiger partial charge in [-0.05, 0) is 60.1 Å². The summed E-state index contributed by atoms with van der Waals surface area (Å²) in [6, 6.07) is 3.66. The van der Waals surface area contributed by atoms with Crippen LogP contribution in [-0.4, -0.2) is 57.1 Å². The van der Waals surface area contributed by atoms with E-state index in [9.17, 15) is 9.59 Å². The van der Waals surface area contributed by atoms with E-state index in [1.807, 2.05) is 53.7 Å². The largest absolute Gasteiger partial charge is 0.444 e. The Bertz CT molecular complexity index is 910. The van der Waals surface area contributed by atoms with Crippen molar-refractivity contribution in [2.75, 3.05) is 18.0 Å². The van der Waals surface area contributed by atoms with Gasteiger partial charge >= 0.3 is 12.2 Å². The van der Waals surface area contributed by atoms with Crippen LogP contribution in [0.2, 0.25) is 0 Å². The van der Waals surface area contributed by atoms with Crippen molar-refractivity contribution >= 4 is 29.2 Å². The number of hydrogen-bond donors (Lipinski definition) is 1. The summed E-state index contributed by atoms with van der Waals surface area (Å²) in [5.41, 5.74) is -0.0851. The molecule has 1 unspecified atom stereocenters. The number of fused-ring (bicyclic) bond motifs is 1. The molecule has 0 bridgehead atoms. The molecule has 0 saturated carbocycles. The van der Waals surface area contributed by atoms with E-state index in [0.29, 0.717) is 17.7 Å². The van der Waals surface area contributed by atoms with Crippen LogP contribution in [0.1, 0.15) is 48.0 Å². The Labute approximate surface area is 170 Å². The molecule has 0 aromatic carbocycles. The number of anilines is 1. The fraction of sp³-hybridized carbons (Fsp3) is 0.600. The maximum absolute atomic E-state index is 12.4. The van der Waals surface area contributed by atoms with E-state index in [2.05, 4.69) is 20.2 Å². The second-order valence-corrected chi connectivity index (χ2v) is 9.18. The lowest BCUT2D eigenvalue weighted by molar-refractivity contribution is 0.0505. The molecular weight excluding hydrogens is 374 g/mol. The molecule has 1 saturated heterocycles. The van der Waals surface area contributed by atoms with Crippen molar-refractivity contribution in [3.05, 3.63) is 18.5 Å². The quantitative estimate of drug-likeness (QED) is 0.821. The lowest BCUT2D eigenvalue weighted by Gasteiger charge is -2.22. The molecule has 3 heterocycles. The molecule has 9 heteroatoms. The molecule has 0 radical (unpaired) electrons. The first-order valence-electron chi connectivity index (χ1n) is 9.73. The molecule has 1 aliphatic rings. The summed E-state index contributed by atoms with van der Waals surface area (Å²) in [6.45, 7) is 12.3. The third-order valence-corrected chi connectivity index (χ3v) is 4.20. The van der Waals surface area contributed by atoms with E-state index in [4.69, 9.17) is 9.47 Å². The number of hydrogen-bond acceptors (Lipinski definition) is 7. The molecule has 29 heavy (non-hydrogen) atoms. The fourth-order valence-electron chi connectivity index (χ4n) is 3.06. The Hall–Kier alpha value is -2.84. The lowest BCUT2D eigenvalue weighted by Crippen LogP contribution is -2.40. The van der Waals surface area contributed by atoms with Crippen molar-refractivity contribution in [2.45, 2.75) is 65.2 Å². The molecular formula is C20H29N5O4. The minimum Gasteiger partial charge on any atom is -0.444 e. The number of aromatic nitrogens is 3. The molecule has 158 valence electrons. The maximum Gasteiger partial charge on any atom is 0.421 e. The van der Waals surface area contributed by atoms with Crippen molar-refractivity contribution in [1.29, 1.82) is 0 Å². The number of alkyl carbamates (subject to hydrolysis) is 1. The highest BCUT2D eigenvalue weighted by Crippen LogP contribution is 2.22. The number of amides is 1. The highest BCUT2D eigenvalue weighted by atomic mass is 16.6. The number of nitrogens with zero attached hydrogens (tertiary/aromatic N) is 4. The molecule has 2 aromatic rings. The van der Waals surface area contributed by atoms with Crippen LogP contribution in [0.5, 0.6) is 0 Å². The Balaban J connectivity index is 1.72. The van der Waals surface area contributed by atoms with Gasteiger partial charge in [0.1, 0.15) is 28.9 Å². The average Bonchev–Trinajstić information content (AvgIpc) is 3.17. The number of imidazole rings is 1. The fourth-order valence-corrected chi connectivity index (χ4v) is 3.06. The molecule has 1 atom stereocenters. The zero-order valence-electron chi connectivity index (χ0n) is 17.9. The van der Waals surface area contributed by atoms with Gasteiger partial charge < -0.3 is 19.7 Å². The lowest BCUT2D eigenvalue weighted by atomic mass is 10.2. The van der Waals surface area contributed by atoms with Gasteiger partial charge in [0, 0.05) is 13.1 Å². The minimum atomic E-state index is -0.610. The van der Waals surface area contributed by atoms with Crippen LogP contribution in [-0.2, 0) is 9.47 Å². The molecule has 0 spiro atoms. The summed E-state index contributed by atoms with van der Waals surface area (Å²) >= 11 is 0. The summed E-state index contributed by atoms with van der Waals surface area (Å²) in [7, 11) is 0. The summed E-state index contributed by atoms with van der Waals surface area (Å²) in [5, 5.41) is 2.90. The van der Waals surface area contributed by atoms with Crippen molar-refractivity contribution in [1.82, 2.24) is 19.9 Å². The van der Waals surface area contributed by atoms with Crippen LogP contribution >= 0.6 is 0 Å². The Morgan fingerprint density at radius 1 is 1.10 bits per heavy atom. The monoisotopic (exact) mass is 403 g/mol. The van der Waals surface area contributed by atoms with Gasteiger partial charge in [0.2, 0.25) is 0 Å². The Morgan fingerprint density at radius 3 is 2.45 bits per heavy atom. The van der Waals surface area contributed by atoms with E-state index in [-0.39, 0.29) is 6.04 Å². The van der Waals surface area contributed by atoms with Crippen LogP contribution in [0.4, 0.5) is 15.4 Å². The molecule has 1 N–H and O–H groups in total. The molecule has 1 amide bonds. The van der Waals surface area contributed by atoms with Gasteiger partial charge in [-0.25, -0.2) is 24.1 Å². The van der Waals surface area contributed by atoms with Gasteiger partial charge in [0.05, 0.1) is 6.04 Å². The van der Waals surface area contributed by atoms with Crippen molar-refractivity contribution in [3.63, 3.8) is 0 Å². The number of carbonyl (C=O) groups excluding carboxylic acids is 2. The minimum absolute atomic E-state index is 0.0295. The molecule has 9 nitrogen and oxygen atoms in total. The predicted octanol–water partition coefficient (Wildman–Crippen LogP) is 3.32. The molecule has 1 fully saturated rings. The zero-order valence-corrected chi connectivity index (χ0v) is 17.9. The van der Waals surface area contributed by atoms with Crippen LogP contribution in [0.3, 0.4) is 0 Å². The van der Waals surface area contributed by atoms with E-state index in [0.717, 1.165) is 18.8 Å². The second-order valence-electron chi connectivity index (χ2n) is 9.18. The van der Waals surface area contributed by atoms with Crippen molar-refractivity contribution in [2.24, 2.45) is 0 Å². The SMILES string of the molecule is CC(C)(C)OC(=O)NC1CCN(c2ccc3ncn(C(=O)OC(C)(C)C)c3n2)C1. The predicted molar refractivity (Wildman–Crippen MR) is 109 cm³/mol. The first kappa shape index (κ1) is 20.9. The van der Waals surface area contributed by atoms with E-state index in [1.54, 1.807) is 0 Å². The highest BCUT2D eigenvalue weighted by Gasteiger charge is 2.28. The van der Waals surface area contributed by atoms with Gasteiger partial charge in [0.25, 0.3) is 0 Å². The zero-order chi connectivity index (χ0) is 21.4. The van der Waals surface area contributed by atoms with Gasteiger partial charge in [-0.3, -0.25) is 0 Å². The second kappa shape index (κ2) is 7.53. The first-order valence-corrected chi connectivity index (χ1v) is 9.73. The van der Waals surface area contributed by atoms with Gasteiger partial charge in [-0.1, -0.05) is 0 Å². The summed E-state index contributed by atoms with van der Waals surface area (Å²) in [4.78, 5) is 35.4. The van der Waals surface area contributed by atoms with Crippen LogP contribution in [0, 0.1) is 0 Å². The Kier molecular flexibility index (Phi) is 5.42. The van der Waals surface area contributed by atoms with E-state index < -0.39 is 23.4 Å². The van der Waals surface area contributed by atoms with E-state index >= 15 is 0 Å². The molecule has 1 aliphatic heterocycles. The van der Waals surface area contributed by atoms with Crippen molar-refractivity contribution in [3.8, 4) is 0 Å². The highest BCUT2D eigenvalue weighted by molar-refractivity contribution is 5.85. The average molecular weight is 403 g/mol. The summed E-state index contributed by atoms with van der Waals surface area (Å²) in [6.07, 6.45) is 1.27. The first-order chi connectivity index (χ1) is 13.4. The number of carbonyl (C=O) groups is 2. The van der Waals surface area contributed by atoms with Gasteiger partial charge in [0.15, 0.2) is 5.65 Å². The third-order valence-electron chi connectivity index (χ3n) is 4.20. The van der Waals surface area contributed by atoms with Crippen molar-refractivity contribution < 1.29 is 19.1 Å². The molecule has 3 rings (SSSR count). The van der Waals surface area contributed by atoms with Crippen LogP contribution in [0.15, 0.2) is 18.5 Å². The third kappa shape index (κ3) is 5.36. The Morgan fingerprint density at radius 2 is 1.79 bits per heavy atom. The van der Waals surface area contributed by atoms with Gasteiger partial charge in [-0.2, -0.15) is 0 Å². The summed E-state index contributed by atoms with van der Waals surface area (Å²) in [5.74, 6) is 0.719. The number of pyridine rings is 1. The number of ether oxygens (including phenoxy) is 2. The topological polar surface area (TPSA) is 98.6 Å². The summed E-state index contributed by atoms with van der Waals surface area (Å²) < 4.78 is 12.1. The van der Waals surface area contributed by atoms with Crippen LogP contribution < -0.4 is 10.2 Å². The van der Waals surface area contributed by atoms with Gasteiger partial charge in [-0.15, -0.1) is 0 Å². The van der Waals surface area contributed by atoms with Crippen LogP contribution in [0.25, 0.3) is 11.2 Å². The normalized spacial score (nSPS) is 17.4.